The van der Waals surface area contributed by atoms with Crippen LogP contribution in [0, 0.1) is 5.92 Å². The van der Waals surface area contributed by atoms with Gasteiger partial charge in [-0.05, 0) is 48.5 Å². The van der Waals surface area contributed by atoms with Crippen molar-refractivity contribution >= 4 is 23.5 Å². The zero-order valence-electron chi connectivity index (χ0n) is 18.4. The third-order valence-electron chi connectivity index (χ3n) is 4.66. The Kier molecular flexibility index (Phi) is 9.80. The molecule has 9 heteroatoms. The van der Waals surface area contributed by atoms with Gasteiger partial charge in [0.15, 0.2) is 0 Å². The third kappa shape index (κ3) is 8.22. The highest BCUT2D eigenvalue weighted by molar-refractivity contribution is 8.00. The first kappa shape index (κ1) is 25.7. The summed E-state index contributed by atoms with van der Waals surface area (Å²) in [6, 6.07) is 0. The molecule has 2 unspecified atom stereocenters. The number of hydrogen-bond donors (Lipinski definition) is 4. The van der Waals surface area contributed by atoms with Crippen molar-refractivity contribution in [3.8, 4) is 0 Å². The highest BCUT2D eigenvalue weighted by atomic mass is 32.2. The highest BCUT2D eigenvalue weighted by Gasteiger charge is 2.52. The molecule has 0 radical (unpaired) electrons. The average Bonchev–Trinajstić information content (AvgIpc) is 3.10. The maximum atomic E-state index is 9.65. The molecule has 0 spiro atoms. The summed E-state index contributed by atoms with van der Waals surface area (Å²) in [4.78, 5) is 0. The summed E-state index contributed by atoms with van der Waals surface area (Å²) in [5, 5.41) is 26.9. The monoisotopic (exact) mass is 434 g/mol. The van der Waals surface area contributed by atoms with Crippen LogP contribution >= 0.6 is 23.5 Å². The molecule has 1 fully saturated rings. The number of nitrogens with one attached hydrogen (secondary N) is 2. The largest absolute Gasteiger partial charge is 0.396 e. The van der Waals surface area contributed by atoms with E-state index >= 15 is 0 Å². The highest BCUT2D eigenvalue weighted by Crippen LogP contribution is 2.45. The smallest absolute Gasteiger partial charge is 0.130 e. The lowest BCUT2D eigenvalue weighted by atomic mass is 9.87. The third-order valence-corrected chi connectivity index (χ3v) is 6.86. The zero-order valence-corrected chi connectivity index (χ0v) is 20.1. The Hall–Kier alpha value is -0.290. The van der Waals surface area contributed by atoms with Gasteiger partial charge in [-0.25, -0.2) is 0 Å². The minimum atomic E-state index is -0.403. The van der Waals surface area contributed by atoms with E-state index in [2.05, 4.69) is 67.8 Å². The Labute approximate surface area is 178 Å². The lowest BCUT2D eigenvalue weighted by Gasteiger charge is -2.28. The van der Waals surface area contributed by atoms with Crippen LogP contribution in [0.2, 0.25) is 0 Å². The van der Waals surface area contributed by atoms with Crippen molar-refractivity contribution in [2.24, 2.45) is 5.92 Å². The first-order valence-corrected chi connectivity index (χ1v) is 11.2. The van der Waals surface area contributed by atoms with Gasteiger partial charge in [0.05, 0.1) is 30.6 Å². The SMILES string of the molecule is CC1(C)NC(C)(C)C(Sc2cnsn2)C1CO.COC[C@@H](O)CNC(C)(C)C. The molecule has 0 aromatic carbocycles. The zero-order chi connectivity index (χ0) is 21.6. The average molecular weight is 435 g/mol. The van der Waals surface area contributed by atoms with Crippen LogP contribution in [0.25, 0.3) is 0 Å². The number of β-amino-alcohol motifs (C(OH)–C–C–N with tert-alkyl or cyclic N) is 1. The number of aliphatic hydroxyl groups excluding tert-OH is 2. The van der Waals surface area contributed by atoms with Crippen LogP contribution < -0.4 is 10.6 Å². The summed E-state index contributed by atoms with van der Waals surface area (Å²) < 4.78 is 13.1. The van der Waals surface area contributed by atoms with Crippen LogP contribution in [-0.2, 0) is 4.74 Å². The number of thioether (sulfide) groups is 1. The topological polar surface area (TPSA) is 99.5 Å². The van der Waals surface area contributed by atoms with E-state index in [0.29, 0.717) is 18.4 Å². The standard InChI is InChI=1S/C11H19N3OS2.C8H19NO2/c1-10(2)7(6-15)9(11(3,4)14-10)16-8-5-12-17-13-8;1-8(2,3)9-5-7(10)6-11-4/h5,7,9,14-15H,6H2,1-4H3;7,9-10H,5-6H2,1-4H3/t;7-/m.0/s1. The normalized spacial score (nSPS) is 24.5. The molecule has 1 aliphatic heterocycles. The molecule has 1 aromatic heterocycles. The molecule has 0 amide bonds. The van der Waals surface area contributed by atoms with Gasteiger partial charge in [0.25, 0.3) is 0 Å². The van der Waals surface area contributed by atoms with E-state index in [4.69, 9.17) is 4.74 Å². The second-order valence-electron chi connectivity index (χ2n) is 9.38. The number of hydrogen-bond acceptors (Lipinski definition) is 9. The Morgan fingerprint density at radius 3 is 2.43 bits per heavy atom. The van der Waals surface area contributed by atoms with Crippen molar-refractivity contribution in [2.45, 2.75) is 81.5 Å². The summed E-state index contributed by atoms with van der Waals surface area (Å²) in [5.41, 5.74) is -0.0146. The van der Waals surface area contributed by atoms with Crippen LogP contribution in [0.4, 0.5) is 0 Å². The summed E-state index contributed by atoms with van der Waals surface area (Å²) in [7, 11) is 1.58. The fraction of sp³-hybridized carbons (Fsp3) is 0.895. The van der Waals surface area contributed by atoms with Crippen molar-refractivity contribution < 1.29 is 14.9 Å². The van der Waals surface area contributed by atoms with Gasteiger partial charge in [-0.15, -0.1) is 0 Å². The predicted octanol–water partition coefficient (Wildman–Crippen LogP) is 2.15. The first-order valence-electron chi connectivity index (χ1n) is 9.59. The first-order chi connectivity index (χ1) is 12.8. The predicted molar refractivity (Wildman–Crippen MR) is 117 cm³/mol. The van der Waals surface area contributed by atoms with Gasteiger partial charge in [-0.3, -0.25) is 0 Å². The second-order valence-corrected chi connectivity index (χ2v) is 11.1. The second kappa shape index (κ2) is 10.7. The van der Waals surface area contributed by atoms with Gasteiger partial charge in [-0.1, -0.05) is 11.8 Å². The lowest BCUT2D eigenvalue weighted by molar-refractivity contribution is 0.0605. The van der Waals surface area contributed by atoms with Gasteiger partial charge >= 0.3 is 0 Å². The molecule has 1 aliphatic rings. The molecule has 1 saturated heterocycles. The van der Waals surface area contributed by atoms with Gasteiger partial charge in [0, 0.05) is 48.0 Å². The Bertz CT molecular complexity index is 562. The van der Waals surface area contributed by atoms with Crippen LogP contribution in [0.5, 0.6) is 0 Å². The van der Waals surface area contributed by atoms with Crippen LogP contribution in [0.1, 0.15) is 48.5 Å². The molecule has 28 heavy (non-hydrogen) atoms. The molecule has 164 valence electrons. The summed E-state index contributed by atoms with van der Waals surface area (Å²) in [6.07, 6.45) is 1.39. The summed E-state index contributed by atoms with van der Waals surface area (Å²) in [5.74, 6) is 0.212. The van der Waals surface area contributed by atoms with Crippen LogP contribution in [0.15, 0.2) is 11.2 Å². The van der Waals surface area contributed by atoms with Crippen molar-refractivity contribution in [1.82, 2.24) is 19.4 Å². The number of methoxy groups -OCH3 is 1. The molecular weight excluding hydrogens is 396 g/mol. The van der Waals surface area contributed by atoms with Crippen LogP contribution in [0.3, 0.4) is 0 Å². The molecule has 1 aromatic rings. The fourth-order valence-corrected chi connectivity index (χ4v) is 5.42. The molecule has 7 nitrogen and oxygen atoms in total. The molecule has 0 saturated carbocycles. The van der Waals surface area contributed by atoms with E-state index in [-0.39, 0.29) is 29.1 Å². The fourth-order valence-electron chi connectivity index (χ4n) is 3.44. The number of aromatic nitrogens is 2. The van der Waals surface area contributed by atoms with Gasteiger partial charge in [-0.2, -0.15) is 8.75 Å². The van der Waals surface area contributed by atoms with Crippen molar-refractivity contribution in [3.63, 3.8) is 0 Å². The van der Waals surface area contributed by atoms with Crippen molar-refractivity contribution in [1.29, 1.82) is 0 Å². The number of rotatable bonds is 7. The molecule has 3 atom stereocenters. The molecule has 0 bridgehead atoms. The maximum absolute atomic E-state index is 9.65. The molecule has 4 N–H and O–H groups in total. The van der Waals surface area contributed by atoms with Crippen molar-refractivity contribution in [3.05, 3.63) is 6.20 Å². The lowest BCUT2D eigenvalue weighted by Crippen LogP contribution is -2.46. The molecular formula is C19H38N4O3S2. The van der Waals surface area contributed by atoms with Gasteiger partial charge < -0.3 is 25.6 Å². The number of nitrogens with zero attached hydrogens (tertiary/aromatic N) is 2. The van der Waals surface area contributed by atoms with E-state index in [9.17, 15) is 10.2 Å². The van der Waals surface area contributed by atoms with E-state index < -0.39 is 6.10 Å². The van der Waals surface area contributed by atoms with E-state index in [1.807, 2.05) is 0 Å². The minimum Gasteiger partial charge on any atom is -0.396 e. The Morgan fingerprint density at radius 1 is 1.32 bits per heavy atom. The summed E-state index contributed by atoms with van der Waals surface area (Å²) in [6.45, 7) is 16.0. The molecule has 2 rings (SSSR count). The Balaban J connectivity index is 0.000000311. The Morgan fingerprint density at radius 2 is 1.96 bits per heavy atom. The van der Waals surface area contributed by atoms with Crippen molar-refractivity contribution in [2.75, 3.05) is 26.9 Å². The van der Waals surface area contributed by atoms with E-state index in [1.165, 1.54) is 11.7 Å². The summed E-state index contributed by atoms with van der Waals surface area (Å²) >= 11 is 2.94. The van der Waals surface area contributed by atoms with E-state index in [0.717, 1.165) is 5.03 Å². The minimum absolute atomic E-state index is 0.0226. The maximum Gasteiger partial charge on any atom is 0.130 e. The molecule has 2 heterocycles. The molecule has 0 aliphatic carbocycles. The van der Waals surface area contributed by atoms with E-state index in [1.54, 1.807) is 25.1 Å². The quantitative estimate of drug-likeness (QED) is 0.518. The number of aliphatic hydroxyl groups is 2. The van der Waals surface area contributed by atoms with Gasteiger partial charge in [0.1, 0.15) is 5.03 Å². The van der Waals surface area contributed by atoms with Crippen LogP contribution in [-0.4, -0.2) is 73.8 Å². The number of ether oxygens (including phenoxy) is 1. The van der Waals surface area contributed by atoms with Gasteiger partial charge in [0.2, 0.25) is 0 Å².